The highest BCUT2D eigenvalue weighted by molar-refractivity contribution is 7.11. The van der Waals surface area contributed by atoms with E-state index in [4.69, 9.17) is 10.8 Å². The van der Waals surface area contributed by atoms with E-state index in [-0.39, 0.29) is 23.4 Å². The molecule has 1 fully saturated rings. The summed E-state index contributed by atoms with van der Waals surface area (Å²) in [6, 6.07) is 0.0721. The SMILES string of the molecule is Cc1nsc(NC(=O)C2CCC(N)C2)c1C(=O)O. The highest BCUT2D eigenvalue weighted by Gasteiger charge is 2.29. The molecule has 4 N–H and O–H groups in total. The minimum Gasteiger partial charge on any atom is -0.478 e. The lowest BCUT2D eigenvalue weighted by atomic mass is 10.1. The summed E-state index contributed by atoms with van der Waals surface area (Å²) in [6.07, 6.45) is 2.25. The average molecular weight is 269 g/mol. The van der Waals surface area contributed by atoms with E-state index >= 15 is 0 Å². The molecule has 2 atom stereocenters. The zero-order chi connectivity index (χ0) is 13.3. The van der Waals surface area contributed by atoms with Crippen molar-refractivity contribution in [3.63, 3.8) is 0 Å². The van der Waals surface area contributed by atoms with Crippen LogP contribution in [0.1, 0.15) is 35.3 Å². The number of carboxylic acids is 1. The second-order valence-electron chi connectivity index (χ2n) is 4.54. The fourth-order valence-electron chi connectivity index (χ4n) is 2.18. The molecule has 7 heteroatoms. The molecule has 0 saturated heterocycles. The molecule has 1 aromatic heterocycles. The summed E-state index contributed by atoms with van der Waals surface area (Å²) in [7, 11) is 0. The van der Waals surface area contributed by atoms with Crippen LogP contribution in [-0.4, -0.2) is 27.4 Å². The average Bonchev–Trinajstić information content (AvgIpc) is 2.85. The van der Waals surface area contributed by atoms with Gasteiger partial charge in [0.15, 0.2) is 0 Å². The Kier molecular flexibility index (Phi) is 3.63. The van der Waals surface area contributed by atoms with Crippen LogP contribution in [0.2, 0.25) is 0 Å². The maximum atomic E-state index is 12.0. The second kappa shape index (κ2) is 5.03. The monoisotopic (exact) mass is 269 g/mol. The topological polar surface area (TPSA) is 105 Å². The van der Waals surface area contributed by atoms with Crippen molar-refractivity contribution in [2.75, 3.05) is 5.32 Å². The lowest BCUT2D eigenvalue weighted by Gasteiger charge is -2.09. The van der Waals surface area contributed by atoms with E-state index in [2.05, 4.69) is 9.69 Å². The first-order valence-corrected chi connectivity index (χ1v) is 6.52. The third-order valence-corrected chi connectivity index (χ3v) is 4.01. The number of anilines is 1. The number of nitrogens with two attached hydrogens (primary N) is 1. The van der Waals surface area contributed by atoms with Gasteiger partial charge in [0, 0.05) is 12.0 Å². The maximum Gasteiger partial charge on any atom is 0.340 e. The van der Waals surface area contributed by atoms with E-state index in [1.54, 1.807) is 6.92 Å². The first kappa shape index (κ1) is 13.0. The molecule has 1 aliphatic carbocycles. The molecule has 1 heterocycles. The molecule has 1 amide bonds. The Labute approximate surface area is 108 Å². The molecule has 0 aromatic carbocycles. The number of rotatable bonds is 3. The van der Waals surface area contributed by atoms with Crippen molar-refractivity contribution in [1.29, 1.82) is 0 Å². The predicted octanol–water partition coefficient (Wildman–Crippen LogP) is 1.22. The molecular formula is C11H15N3O3S. The first-order valence-electron chi connectivity index (χ1n) is 5.75. The van der Waals surface area contributed by atoms with Crippen molar-refractivity contribution >= 4 is 28.4 Å². The third kappa shape index (κ3) is 2.51. The van der Waals surface area contributed by atoms with Gasteiger partial charge in [0.05, 0.1) is 5.69 Å². The van der Waals surface area contributed by atoms with Gasteiger partial charge in [0.2, 0.25) is 5.91 Å². The van der Waals surface area contributed by atoms with Crippen LogP contribution in [0.25, 0.3) is 0 Å². The molecular weight excluding hydrogens is 254 g/mol. The lowest BCUT2D eigenvalue weighted by molar-refractivity contribution is -0.119. The van der Waals surface area contributed by atoms with E-state index < -0.39 is 5.97 Å². The van der Waals surface area contributed by atoms with Gasteiger partial charge in [-0.3, -0.25) is 4.79 Å². The molecule has 2 unspecified atom stereocenters. The number of hydrogen-bond acceptors (Lipinski definition) is 5. The molecule has 0 bridgehead atoms. The number of nitrogens with zero attached hydrogens (tertiary/aromatic N) is 1. The molecule has 0 radical (unpaired) electrons. The van der Waals surface area contributed by atoms with Crippen LogP contribution in [0.3, 0.4) is 0 Å². The number of carboxylic acid groups (broad SMARTS) is 1. The number of carbonyl (C=O) groups excluding carboxylic acids is 1. The van der Waals surface area contributed by atoms with Crippen LogP contribution >= 0.6 is 11.5 Å². The summed E-state index contributed by atoms with van der Waals surface area (Å²) in [5.41, 5.74) is 6.26. The van der Waals surface area contributed by atoms with Crippen molar-refractivity contribution in [2.24, 2.45) is 11.7 Å². The van der Waals surface area contributed by atoms with Gasteiger partial charge in [0.25, 0.3) is 0 Å². The van der Waals surface area contributed by atoms with Gasteiger partial charge in [0.1, 0.15) is 10.6 Å². The van der Waals surface area contributed by atoms with Gasteiger partial charge in [-0.05, 0) is 37.7 Å². The van der Waals surface area contributed by atoms with Gasteiger partial charge >= 0.3 is 5.97 Å². The van der Waals surface area contributed by atoms with E-state index in [1.807, 2.05) is 0 Å². The maximum absolute atomic E-state index is 12.0. The van der Waals surface area contributed by atoms with Gasteiger partial charge in [-0.25, -0.2) is 4.79 Å². The zero-order valence-electron chi connectivity index (χ0n) is 9.97. The molecule has 0 aliphatic heterocycles. The highest BCUT2D eigenvalue weighted by Crippen LogP contribution is 2.29. The van der Waals surface area contributed by atoms with Gasteiger partial charge in [-0.1, -0.05) is 0 Å². The van der Waals surface area contributed by atoms with Gasteiger partial charge < -0.3 is 16.2 Å². The summed E-state index contributed by atoms with van der Waals surface area (Å²) in [4.78, 5) is 23.0. The van der Waals surface area contributed by atoms with Crippen LogP contribution in [0, 0.1) is 12.8 Å². The smallest absolute Gasteiger partial charge is 0.340 e. The van der Waals surface area contributed by atoms with Crippen molar-refractivity contribution in [3.05, 3.63) is 11.3 Å². The zero-order valence-corrected chi connectivity index (χ0v) is 10.8. The number of aromatic carboxylic acids is 1. The summed E-state index contributed by atoms with van der Waals surface area (Å²) in [5.74, 6) is -1.35. The fraction of sp³-hybridized carbons (Fsp3) is 0.545. The Morgan fingerprint density at radius 3 is 2.78 bits per heavy atom. The van der Waals surface area contributed by atoms with Crippen molar-refractivity contribution in [3.8, 4) is 0 Å². The standard InChI is InChI=1S/C11H15N3O3S/c1-5-8(11(16)17)10(18-14-5)13-9(15)6-2-3-7(12)4-6/h6-7H,2-4,12H2,1H3,(H,13,15)(H,16,17). The van der Waals surface area contributed by atoms with E-state index in [0.29, 0.717) is 17.1 Å². The van der Waals surface area contributed by atoms with Gasteiger partial charge in [-0.2, -0.15) is 4.37 Å². The van der Waals surface area contributed by atoms with Crippen molar-refractivity contribution in [1.82, 2.24) is 4.37 Å². The summed E-state index contributed by atoms with van der Waals surface area (Å²) in [6.45, 7) is 1.61. The quantitative estimate of drug-likeness (QED) is 0.765. The fourth-order valence-corrected chi connectivity index (χ4v) is 2.97. The Morgan fingerprint density at radius 2 is 2.22 bits per heavy atom. The molecule has 2 rings (SSSR count). The minimum atomic E-state index is -1.07. The molecule has 98 valence electrons. The van der Waals surface area contributed by atoms with Crippen LogP contribution in [-0.2, 0) is 4.79 Å². The lowest BCUT2D eigenvalue weighted by Crippen LogP contribution is -2.23. The molecule has 1 saturated carbocycles. The highest BCUT2D eigenvalue weighted by atomic mass is 32.1. The van der Waals surface area contributed by atoms with Crippen LogP contribution < -0.4 is 11.1 Å². The molecule has 18 heavy (non-hydrogen) atoms. The summed E-state index contributed by atoms with van der Waals surface area (Å²) >= 11 is 0.998. The van der Waals surface area contributed by atoms with Crippen molar-refractivity contribution < 1.29 is 14.7 Å². The first-order chi connectivity index (χ1) is 8.49. The van der Waals surface area contributed by atoms with E-state index in [1.165, 1.54) is 0 Å². The summed E-state index contributed by atoms with van der Waals surface area (Å²) < 4.78 is 3.95. The predicted molar refractivity (Wildman–Crippen MR) is 67.8 cm³/mol. The Bertz CT molecular complexity index is 486. The number of aryl methyl sites for hydroxylation is 1. The second-order valence-corrected chi connectivity index (χ2v) is 5.31. The number of amides is 1. The normalized spacial score (nSPS) is 23.0. The number of aromatic nitrogens is 1. The number of carbonyl (C=O) groups is 2. The minimum absolute atomic E-state index is 0.0721. The van der Waals surface area contributed by atoms with E-state index in [9.17, 15) is 9.59 Å². The van der Waals surface area contributed by atoms with E-state index in [0.717, 1.165) is 24.4 Å². The largest absolute Gasteiger partial charge is 0.478 e. The van der Waals surface area contributed by atoms with Gasteiger partial charge in [-0.15, -0.1) is 0 Å². The molecule has 0 spiro atoms. The van der Waals surface area contributed by atoms with Crippen LogP contribution in [0.5, 0.6) is 0 Å². The van der Waals surface area contributed by atoms with Crippen LogP contribution in [0.4, 0.5) is 5.00 Å². The van der Waals surface area contributed by atoms with Crippen molar-refractivity contribution in [2.45, 2.75) is 32.2 Å². The molecule has 1 aliphatic rings. The Balaban J connectivity index is 2.10. The summed E-state index contributed by atoms with van der Waals surface area (Å²) in [5, 5.41) is 12.0. The third-order valence-electron chi connectivity index (χ3n) is 3.16. The Morgan fingerprint density at radius 1 is 1.50 bits per heavy atom. The Hall–Kier alpha value is -1.47. The molecule has 1 aromatic rings. The van der Waals surface area contributed by atoms with Crippen LogP contribution in [0.15, 0.2) is 0 Å². The number of nitrogens with one attached hydrogen (secondary N) is 1. The number of hydrogen-bond donors (Lipinski definition) is 3. The molecule has 6 nitrogen and oxygen atoms in total.